The highest BCUT2D eigenvalue weighted by molar-refractivity contribution is 5.70. The molecule has 0 aromatic carbocycles. The molecule has 2 aromatic rings. The van der Waals surface area contributed by atoms with Gasteiger partial charge in [0, 0.05) is 24.5 Å². The highest BCUT2D eigenvalue weighted by atomic mass is 15.3. The van der Waals surface area contributed by atoms with E-state index in [9.17, 15) is 0 Å². The highest BCUT2D eigenvalue weighted by Crippen LogP contribution is 2.31. The Morgan fingerprint density at radius 2 is 1.94 bits per heavy atom. The maximum absolute atomic E-state index is 4.57. The second-order valence-electron chi connectivity index (χ2n) is 5.05. The Bertz CT molecular complexity index is 535. The Labute approximate surface area is 101 Å². The van der Waals surface area contributed by atoms with Crippen molar-refractivity contribution < 1.29 is 0 Å². The summed E-state index contributed by atoms with van der Waals surface area (Å²) in [7, 11) is 0. The summed E-state index contributed by atoms with van der Waals surface area (Å²) >= 11 is 0. The second kappa shape index (κ2) is 3.72. The van der Waals surface area contributed by atoms with Crippen LogP contribution in [0, 0.1) is 6.92 Å². The van der Waals surface area contributed by atoms with Gasteiger partial charge in [-0.1, -0.05) is 0 Å². The Balaban J connectivity index is 2.16. The van der Waals surface area contributed by atoms with E-state index in [1.54, 1.807) is 0 Å². The van der Waals surface area contributed by atoms with Crippen molar-refractivity contribution in [3.05, 3.63) is 24.2 Å². The lowest BCUT2D eigenvalue weighted by Crippen LogP contribution is -2.33. The van der Waals surface area contributed by atoms with E-state index in [1.165, 1.54) is 12.8 Å². The number of anilines is 1. The number of rotatable bonds is 1. The van der Waals surface area contributed by atoms with Crippen molar-refractivity contribution in [1.29, 1.82) is 0 Å². The van der Waals surface area contributed by atoms with Crippen molar-refractivity contribution in [1.82, 2.24) is 14.6 Å². The quantitative estimate of drug-likeness (QED) is 0.754. The molecule has 0 bridgehead atoms. The molecule has 0 amide bonds. The van der Waals surface area contributed by atoms with E-state index in [0.717, 1.165) is 17.0 Å². The van der Waals surface area contributed by atoms with Gasteiger partial charge < -0.3 is 4.90 Å². The van der Waals surface area contributed by atoms with Gasteiger partial charge in [0.15, 0.2) is 5.82 Å². The lowest BCUT2D eigenvalue weighted by molar-refractivity contribution is 0.683. The first-order valence-corrected chi connectivity index (χ1v) is 6.26. The molecule has 3 heterocycles. The SMILES string of the molecule is Cc1cc2c(N3C(C)CCC3C)nccn2n1. The zero-order valence-electron chi connectivity index (χ0n) is 10.6. The van der Waals surface area contributed by atoms with Gasteiger partial charge in [0.1, 0.15) is 5.52 Å². The van der Waals surface area contributed by atoms with Gasteiger partial charge in [-0.15, -0.1) is 0 Å². The van der Waals surface area contributed by atoms with Crippen molar-refractivity contribution in [3.63, 3.8) is 0 Å². The molecule has 3 rings (SSSR count). The molecule has 90 valence electrons. The van der Waals surface area contributed by atoms with E-state index in [2.05, 4.69) is 34.9 Å². The summed E-state index contributed by atoms with van der Waals surface area (Å²) < 4.78 is 1.93. The number of hydrogen-bond donors (Lipinski definition) is 0. The third kappa shape index (κ3) is 1.59. The van der Waals surface area contributed by atoms with E-state index in [4.69, 9.17) is 0 Å². The fraction of sp³-hybridized carbons (Fsp3) is 0.538. The summed E-state index contributed by atoms with van der Waals surface area (Å²) in [5.41, 5.74) is 2.16. The lowest BCUT2D eigenvalue weighted by atomic mass is 10.2. The fourth-order valence-electron chi connectivity index (χ4n) is 2.84. The number of hydrogen-bond acceptors (Lipinski definition) is 3. The van der Waals surface area contributed by atoms with E-state index in [0.29, 0.717) is 12.1 Å². The minimum Gasteiger partial charge on any atom is -0.349 e. The van der Waals surface area contributed by atoms with Crippen LogP contribution in [0.5, 0.6) is 0 Å². The molecule has 1 aliphatic rings. The molecule has 2 atom stereocenters. The van der Waals surface area contributed by atoms with Crippen molar-refractivity contribution in [2.75, 3.05) is 4.90 Å². The number of nitrogens with zero attached hydrogens (tertiary/aromatic N) is 4. The maximum atomic E-state index is 4.57. The third-order valence-corrected chi connectivity index (χ3v) is 3.69. The molecule has 0 spiro atoms. The fourth-order valence-corrected chi connectivity index (χ4v) is 2.84. The first-order chi connectivity index (χ1) is 8.16. The zero-order chi connectivity index (χ0) is 12.0. The van der Waals surface area contributed by atoms with Crippen LogP contribution in [0.4, 0.5) is 5.82 Å². The van der Waals surface area contributed by atoms with Gasteiger partial charge in [0.2, 0.25) is 0 Å². The molecule has 2 aromatic heterocycles. The maximum Gasteiger partial charge on any atom is 0.155 e. The molecule has 1 saturated heterocycles. The smallest absolute Gasteiger partial charge is 0.155 e. The molecular formula is C13H18N4. The molecule has 1 fully saturated rings. The van der Waals surface area contributed by atoms with Crippen LogP contribution in [0.2, 0.25) is 0 Å². The summed E-state index contributed by atoms with van der Waals surface area (Å²) in [6.45, 7) is 6.57. The lowest BCUT2D eigenvalue weighted by Gasteiger charge is -2.27. The molecular weight excluding hydrogens is 212 g/mol. The first kappa shape index (κ1) is 10.6. The Kier molecular flexibility index (Phi) is 2.31. The Morgan fingerprint density at radius 3 is 2.65 bits per heavy atom. The van der Waals surface area contributed by atoms with Crippen LogP contribution in [-0.4, -0.2) is 26.7 Å². The Morgan fingerprint density at radius 1 is 1.24 bits per heavy atom. The van der Waals surface area contributed by atoms with E-state index < -0.39 is 0 Å². The summed E-state index contributed by atoms with van der Waals surface area (Å²) in [4.78, 5) is 7.00. The molecule has 0 saturated carbocycles. The van der Waals surface area contributed by atoms with Crippen LogP contribution in [0.25, 0.3) is 5.52 Å². The molecule has 1 aliphatic heterocycles. The molecule has 17 heavy (non-hydrogen) atoms. The number of aromatic nitrogens is 3. The van der Waals surface area contributed by atoms with Crippen LogP contribution >= 0.6 is 0 Å². The van der Waals surface area contributed by atoms with Crippen LogP contribution in [-0.2, 0) is 0 Å². The second-order valence-corrected chi connectivity index (χ2v) is 5.05. The predicted molar refractivity (Wildman–Crippen MR) is 68.4 cm³/mol. The molecule has 4 nitrogen and oxygen atoms in total. The van der Waals surface area contributed by atoms with Crippen LogP contribution in [0.1, 0.15) is 32.4 Å². The predicted octanol–water partition coefficient (Wildman–Crippen LogP) is 2.41. The van der Waals surface area contributed by atoms with Crippen molar-refractivity contribution >= 4 is 11.3 Å². The van der Waals surface area contributed by atoms with Gasteiger partial charge in [-0.25, -0.2) is 9.50 Å². The van der Waals surface area contributed by atoms with E-state index >= 15 is 0 Å². The summed E-state index contributed by atoms with van der Waals surface area (Å²) in [6, 6.07) is 3.25. The molecule has 4 heteroatoms. The monoisotopic (exact) mass is 230 g/mol. The van der Waals surface area contributed by atoms with E-state index in [1.807, 2.05) is 23.8 Å². The summed E-state index contributed by atoms with van der Waals surface area (Å²) in [5, 5.41) is 4.45. The average molecular weight is 230 g/mol. The number of fused-ring (bicyclic) bond motifs is 1. The van der Waals surface area contributed by atoms with Crippen LogP contribution < -0.4 is 4.90 Å². The van der Waals surface area contributed by atoms with Gasteiger partial charge >= 0.3 is 0 Å². The third-order valence-electron chi connectivity index (χ3n) is 3.69. The minimum atomic E-state index is 0.568. The van der Waals surface area contributed by atoms with Gasteiger partial charge in [-0.3, -0.25) is 0 Å². The van der Waals surface area contributed by atoms with Crippen LogP contribution in [0.3, 0.4) is 0 Å². The van der Waals surface area contributed by atoms with Crippen molar-refractivity contribution in [2.24, 2.45) is 0 Å². The van der Waals surface area contributed by atoms with Gasteiger partial charge in [-0.05, 0) is 39.7 Å². The van der Waals surface area contributed by atoms with Gasteiger partial charge in [0.25, 0.3) is 0 Å². The van der Waals surface area contributed by atoms with Gasteiger partial charge in [0.05, 0.1) is 5.69 Å². The molecule has 0 aliphatic carbocycles. The first-order valence-electron chi connectivity index (χ1n) is 6.26. The molecule has 2 unspecified atom stereocenters. The average Bonchev–Trinajstić information content (AvgIpc) is 2.81. The largest absolute Gasteiger partial charge is 0.349 e. The van der Waals surface area contributed by atoms with Crippen molar-refractivity contribution in [2.45, 2.75) is 45.7 Å². The van der Waals surface area contributed by atoms with E-state index in [-0.39, 0.29) is 0 Å². The molecule has 0 radical (unpaired) electrons. The van der Waals surface area contributed by atoms with Crippen LogP contribution in [0.15, 0.2) is 18.5 Å². The molecule has 0 N–H and O–H groups in total. The standard InChI is InChI=1S/C13H18N4/c1-9-8-12-13(14-6-7-16(12)15-9)17-10(2)4-5-11(17)3/h6-8,10-11H,4-5H2,1-3H3. The number of aryl methyl sites for hydroxylation is 1. The topological polar surface area (TPSA) is 33.4 Å². The Hall–Kier alpha value is -1.58. The van der Waals surface area contributed by atoms with Crippen molar-refractivity contribution in [3.8, 4) is 0 Å². The zero-order valence-corrected chi connectivity index (χ0v) is 10.6. The summed E-state index contributed by atoms with van der Waals surface area (Å²) in [6.07, 6.45) is 6.25. The normalized spacial score (nSPS) is 24.8. The van der Waals surface area contributed by atoms with Gasteiger partial charge in [-0.2, -0.15) is 5.10 Å². The summed E-state index contributed by atoms with van der Waals surface area (Å²) in [5.74, 6) is 1.07. The highest BCUT2D eigenvalue weighted by Gasteiger charge is 2.29. The minimum absolute atomic E-state index is 0.568.